The molecule has 0 aromatic heterocycles. The highest BCUT2D eigenvalue weighted by atomic mass is 16.5. The molecule has 0 spiro atoms. The third-order valence-electron chi connectivity index (χ3n) is 6.26. The highest BCUT2D eigenvalue weighted by Gasteiger charge is 2.46. The minimum Gasteiger partial charge on any atom is -0.497 e. The van der Waals surface area contributed by atoms with Gasteiger partial charge in [0.05, 0.1) is 26.7 Å². The predicted octanol–water partition coefficient (Wildman–Crippen LogP) is 7.10. The van der Waals surface area contributed by atoms with Gasteiger partial charge in [0.15, 0.2) is 0 Å². The minimum absolute atomic E-state index is 0.473. The van der Waals surface area contributed by atoms with Crippen LogP contribution >= 0.6 is 0 Å². The van der Waals surface area contributed by atoms with Crippen molar-refractivity contribution >= 4 is 0 Å². The van der Waals surface area contributed by atoms with Crippen LogP contribution in [0.25, 0.3) is 11.1 Å². The van der Waals surface area contributed by atoms with E-state index < -0.39 is 5.41 Å². The SMILES string of the molecule is CC.COc1cccc(C2(c3ccccc3)c3ccc(OC)cc3-c3cc(OC)ccc32)c1. The van der Waals surface area contributed by atoms with Crippen molar-refractivity contribution in [3.8, 4) is 28.4 Å². The number of benzene rings is 4. The van der Waals surface area contributed by atoms with Gasteiger partial charge in [-0.3, -0.25) is 0 Å². The van der Waals surface area contributed by atoms with Crippen molar-refractivity contribution < 1.29 is 14.2 Å². The summed E-state index contributed by atoms with van der Waals surface area (Å²) in [7, 11) is 5.12. The van der Waals surface area contributed by atoms with Gasteiger partial charge in [-0.05, 0) is 69.8 Å². The first-order chi connectivity index (χ1) is 16.2. The Hall–Kier alpha value is -3.72. The smallest absolute Gasteiger partial charge is 0.119 e. The monoisotopic (exact) mass is 438 g/mol. The second kappa shape index (κ2) is 9.41. The van der Waals surface area contributed by atoms with Crippen molar-refractivity contribution in [2.45, 2.75) is 19.3 Å². The van der Waals surface area contributed by atoms with Gasteiger partial charge in [0.2, 0.25) is 0 Å². The minimum atomic E-state index is -0.473. The Morgan fingerprint density at radius 2 is 0.970 bits per heavy atom. The molecular formula is C30H30O3. The predicted molar refractivity (Wildman–Crippen MR) is 135 cm³/mol. The second-order valence-electron chi connectivity index (χ2n) is 7.67. The summed E-state index contributed by atoms with van der Waals surface area (Å²) < 4.78 is 16.8. The lowest BCUT2D eigenvalue weighted by Crippen LogP contribution is -2.28. The summed E-state index contributed by atoms with van der Waals surface area (Å²) in [5.41, 5.74) is 6.64. The van der Waals surface area contributed by atoms with Gasteiger partial charge in [0.25, 0.3) is 0 Å². The molecule has 0 N–H and O–H groups in total. The molecule has 0 atom stereocenters. The van der Waals surface area contributed by atoms with E-state index in [9.17, 15) is 0 Å². The van der Waals surface area contributed by atoms with E-state index in [1.54, 1.807) is 21.3 Å². The first-order valence-corrected chi connectivity index (χ1v) is 11.3. The molecule has 5 rings (SSSR count). The van der Waals surface area contributed by atoms with Crippen LogP contribution in [-0.4, -0.2) is 21.3 Å². The van der Waals surface area contributed by atoms with Crippen LogP contribution in [0, 0.1) is 0 Å². The van der Waals surface area contributed by atoms with E-state index in [0.717, 1.165) is 33.9 Å². The molecule has 1 aliphatic carbocycles. The molecule has 0 heterocycles. The van der Waals surface area contributed by atoms with Crippen molar-refractivity contribution in [3.05, 3.63) is 113 Å². The molecular weight excluding hydrogens is 408 g/mol. The summed E-state index contributed by atoms with van der Waals surface area (Å²) >= 11 is 0. The number of ether oxygens (including phenoxy) is 3. The summed E-state index contributed by atoms with van der Waals surface area (Å²) in [6, 6.07) is 31.7. The maximum atomic E-state index is 5.60. The van der Waals surface area contributed by atoms with Crippen molar-refractivity contribution in [2.75, 3.05) is 21.3 Å². The van der Waals surface area contributed by atoms with Crippen molar-refractivity contribution in [2.24, 2.45) is 0 Å². The van der Waals surface area contributed by atoms with E-state index in [-0.39, 0.29) is 0 Å². The molecule has 168 valence electrons. The lowest BCUT2D eigenvalue weighted by Gasteiger charge is -2.34. The summed E-state index contributed by atoms with van der Waals surface area (Å²) in [6.45, 7) is 4.00. The zero-order chi connectivity index (χ0) is 23.4. The number of hydrogen-bond donors (Lipinski definition) is 0. The normalized spacial score (nSPS) is 12.6. The molecule has 4 aromatic carbocycles. The summed E-state index contributed by atoms with van der Waals surface area (Å²) in [6.07, 6.45) is 0. The Morgan fingerprint density at radius 3 is 1.48 bits per heavy atom. The number of hydrogen-bond acceptors (Lipinski definition) is 3. The zero-order valence-corrected chi connectivity index (χ0v) is 19.9. The van der Waals surface area contributed by atoms with Crippen LogP contribution in [0.3, 0.4) is 0 Å². The van der Waals surface area contributed by atoms with Gasteiger partial charge in [-0.25, -0.2) is 0 Å². The highest BCUT2D eigenvalue weighted by molar-refractivity contribution is 5.87. The second-order valence-corrected chi connectivity index (χ2v) is 7.67. The maximum Gasteiger partial charge on any atom is 0.119 e. The zero-order valence-electron chi connectivity index (χ0n) is 19.9. The van der Waals surface area contributed by atoms with Gasteiger partial charge in [-0.15, -0.1) is 0 Å². The van der Waals surface area contributed by atoms with E-state index >= 15 is 0 Å². The quantitative estimate of drug-likeness (QED) is 0.293. The standard InChI is InChI=1S/C28H24O3.C2H6/c1-29-21-11-7-10-20(16-21)28(19-8-5-4-6-9-19)26-14-12-22(30-2)17-24(26)25-18-23(31-3)13-15-27(25)28;1-2/h4-18H,1-3H3;1-2H3. The average Bonchev–Trinajstić information content (AvgIpc) is 3.20. The largest absolute Gasteiger partial charge is 0.497 e. The van der Waals surface area contributed by atoms with Crippen LogP contribution in [0.2, 0.25) is 0 Å². The van der Waals surface area contributed by atoms with Gasteiger partial charge in [-0.2, -0.15) is 0 Å². The number of methoxy groups -OCH3 is 3. The van der Waals surface area contributed by atoms with Gasteiger partial charge in [-0.1, -0.05) is 68.4 Å². The molecule has 0 saturated carbocycles. The summed E-state index contributed by atoms with van der Waals surface area (Å²) in [5, 5.41) is 0. The van der Waals surface area contributed by atoms with Gasteiger partial charge in [0.1, 0.15) is 17.2 Å². The van der Waals surface area contributed by atoms with Gasteiger partial charge in [0, 0.05) is 0 Å². The number of fused-ring (bicyclic) bond motifs is 3. The topological polar surface area (TPSA) is 27.7 Å². The highest BCUT2D eigenvalue weighted by Crippen LogP contribution is 2.57. The van der Waals surface area contributed by atoms with Gasteiger partial charge < -0.3 is 14.2 Å². The average molecular weight is 439 g/mol. The molecule has 3 nitrogen and oxygen atoms in total. The molecule has 4 aromatic rings. The fraction of sp³-hybridized carbons (Fsp3) is 0.200. The van der Waals surface area contributed by atoms with E-state index in [1.165, 1.54) is 16.7 Å². The van der Waals surface area contributed by atoms with E-state index in [4.69, 9.17) is 14.2 Å². The first-order valence-electron chi connectivity index (χ1n) is 11.3. The third-order valence-corrected chi connectivity index (χ3v) is 6.26. The molecule has 33 heavy (non-hydrogen) atoms. The third kappa shape index (κ3) is 3.54. The van der Waals surface area contributed by atoms with Crippen LogP contribution in [-0.2, 0) is 5.41 Å². The lowest BCUT2D eigenvalue weighted by atomic mass is 9.67. The molecule has 0 saturated heterocycles. The van der Waals surface area contributed by atoms with E-state index in [0.29, 0.717) is 0 Å². The Bertz CT molecular complexity index is 1190. The first kappa shape index (κ1) is 22.5. The molecule has 0 amide bonds. The molecule has 0 aliphatic heterocycles. The maximum absolute atomic E-state index is 5.60. The van der Waals surface area contributed by atoms with Crippen molar-refractivity contribution in [1.29, 1.82) is 0 Å². The van der Waals surface area contributed by atoms with E-state index in [2.05, 4.69) is 72.8 Å². The summed E-state index contributed by atoms with van der Waals surface area (Å²) in [4.78, 5) is 0. The Kier molecular flexibility index (Phi) is 6.41. The molecule has 3 heteroatoms. The Labute approximate surface area is 196 Å². The molecule has 1 aliphatic rings. The molecule has 0 radical (unpaired) electrons. The molecule has 0 unspecified atom stereocenters. The fourth-order valence-electron chi connectivity index (χ4n) is 4.88. The molecule has 0 bridgehead atoms. The Morgan fingerprint density at radius 1 is 0.485 bits per heavy atom. The van der Waals surface area contributed by atoms with Crippen LogP contribution in [0.5, 0.6) is 17.2 Å². The van der Waals surface area contributed by atoms with Crippen molar-refractivity contribution in [3.63, 3.8) is 0 Å². The Balaban J connectivity index is 0.00000126. The fourth-order valence-corrected chi connectivity index (χ4v) is 4.88. The lowest BCUT2D eigenvalue weighted by molar-refractivity contribution is 0.413. The number of rotatable bonds is 5. The van der Waals surface area contributed by atoms with Crippen LogP contribution < -0.4 is 14.2 Å². The van der Waals surface area contributed by atoms with Gasteiger partial charge >= 0.3 is 0 Å². The van der Waals surface area contributed by atoms with Crippen LogP contribution in [0.15, 0.2) is 91.0 Å². The summed E-state index contributed by atoms with van der Waals surface area (Å²) in [5.74, 6) is 2.51. The van der Waals surface area contributed by atoms with E-state index in [1.807, 2.05) is 32.0 Å². The molecule has 0 fully saturated rings. The van der Waals surface area contributed by atoms with Crippen LogP contribution in [0.4, 0.5) is 0 Å². The van der Waals surface area contributed by atoms with Crippen LogP contribution in [0.1, 0.15) is 36.1 Å². The van der Waals surface area contributed by atoms with Crippen molar-refractivity contribution in [1.82, 2.24) is 0 Å².